The molecule has 0 saturated carbocycles. The maximum Gasteiger partial charge on any atom is 0.227 e. The van der Waals surface area contributed by atoms with E-state index >= 15 is 0 Å². The van der Waals surface area contributed by atoms with E-state index in [9.17, 15) is 4.79 Å². The summed E-state index contributed by atoms with van der Waals surface area (Å²) in [4.78, 5) is 15.3. The Bertz CT molecular complexity index is 788. The standard InChI is InChI=1S/C10H7ClN6OS/c11-5-1-2-7-6(3-5)9-14-15-16-17(9)10(13-7)19-4-8(12)18/h1-3H,4H2,(H2,12,18). The van der Waals surface area contributed by atoms with Crippen LogP contribution in [0.2, 0.25) is 5.02 Å². The zero-order valence-electron chi connectivity index (χ0n) is 9.45. The van der Waals surface area contributed by atoms with Crippen molar-refractivity contribution in [3.63, 3.8) is 0 Å². The minimum atomic E-state index is -0.427. The second-order valence-electron chi connectivity index (χ2n) is 3.73. The number of hydrogen-bond acceptors (Lipinski definition) is 6. The van der Waals surface area contributed by atoms with Crippen LogP contribution in [-0.4, -0.2) is 36.7 Å². The average Bonchev–Trinajstić information content (AvgIpc) is 2.85. The van der Waals surface area contributed by atoms with Crippen LogP contribution in [-0.2, 0) is 4.79 Å². The summed E-state index contributed by atoms with van der Waals surface area (Å²) < 4.78 is 1.46. The van der Waals surface area contributed by atoms with Crippen molar-refractivity contribution in [2.24, 2.45) is 5.73 Å². The van der Waals surface area contributed by atoms with E-state index in [1.54, 1.807) is 18.2 Å². The van der Waals surface area contributed by atoms with Crippen LogP contribution in [0.4, 0.5) is 0 Å². The van der Waals surface area contributed by atoms with Gasteiger partial charge in [-0.15, -0.1) is 5.10 Å². The highest BCUT2D eigenvalue weighted by molar-refractivity contribution is 7.99. The van der Waals surface area contributed by atoms with Gasteiger partial charge in [-0.25, -0.2) is 4.98 Å². The van der Waals surface area contributed by atoms with Gasteiger partial charge in [-0.3, -0.25) is 4.79 Å². The van der Waals surface area contributed by atoms with E-state index in [-0.39, 0.29) is 5.75 Å². The van der Waals surface area contributed by atoms with Crippen LogP contribution in [0.3, 0.4) is 0 Å². The molecule has 0 fully saturated rings. The molecule has 96 valence electrons. The van der Waals surface area contributed by atoms with Gasteiger partial charge in [0.05, 0.1) is 11.3 Å². The average molecular weight is 295 g/mol. The van der Waals surface area contributed by atoms with Gasteiger partial charge in [0.2, 0.25) is 5.91 Å². The quantitative estimate of drug-likeness (QED) is 0.569. The second-order valence-corrected chi connectivity index (χ2v) is 5.10. The lowest BCUT2D eigenvalue weighted by molar-refractivity contribution is -0.115. The first-order chi connectivity index (χ1) is 9.15. The molecule has 19 heavy (non-hydrogen) atoms. The summed E-state index contributed by atoms with van der Waals surface area (Å²) in [6.07, 6.45) is 0. The third-order valence-corrected chi connectivity index (χ3v) is 3.60. The lowest BCUT2D eigenvalue weighted by atomic mass is 10.2. The van der Waals surface area contributed by atoms with Gasteiger partial charge in [-0.2, -0.15) is 4.52 Å². The molecular formula is C10H7ClN6OS. The molecule has 0 radical (unpaired) electrons. The summed E-state index contributed by atoms with van der Waals surface area (Å²) in [7, 11) is 0. The first-order valence-electron chi connectivity index (χ1n) is 5.23. The van der Waals surface area contributed by atoms with Crippen molar-refractivity contribution in [3.05, 3.63) is 23.2 Å². The lowest BCUT2D eigenvalue weighted by Crippen LogP contribution is -2.14. The highest BCUT2D eigenvalue weighted by Gasteiger charge is 2.12. The third kappa shape index (κ3) is 2.20. The molecule has 0 saturated heterocycles. The van der Waals surface area contributed by atoms with E-state index in [0.717, 1.165) is 5.39 Å². The molecule has 3 rings (SSSR count). The molecule has 7 nitrogen and oxygen atoms in total. The van der Waals surface area contributed by atoms with Gasteiger partial charge in [0.25, 0.3) is 0 Å². The smallest absolute Gasteiger partial charge is 0.227 e. The minimum absolute atomic E-state index is 0.112. The number of rotatable bonds is 3. The Hall–Kier alpha value is -1.93. The van der Waals surface area contributed by atoms with Gasteiger partial charge in [-0.05, 0) is 28.6 Å². The predicted molar refractivity (Wildman–Crippen MR) is 71.0 cm³/mol. The molecular weight excluding hydrogens is 288 g/mol. The monoisotopic (exact) mass is 294 g/mol. The molecule has 0 aliphatic carbocycles. The van der Waals surface area contributed by atoms with Crippen molar-refractivity contribution in [3.8, 4) is 0 Å². The largest absolute Gasteiger partial charge is 0.369 e. The number of carbonyl (C=O) groups is 1. The Morgan fingerprint density at radius 1 is 1.47 bits per heavy atom. The number of halogens is 1. The van der Waals surface area contributed by atoms with Crippen LogP contribution in [0.5, 0.6) is 0 Å². The predicted octanol–water partition coefficient (Wildman–Crippen LogP) is 0.903. The van der Waals surface area contributed by atoms with Crippen molar-refractivity contribution in [2.75, 3.05) is 5.75 Å². The van der Waals surface area contributed by atoms with Crippen molar-refractivity contribution in [1.29, 1.82) is 0 Å². The number of tetrazole rings is 1. The Balaban J connectivity index is 2.23. The fraction of sp³-hybridized carbons (Fsp3) is 0.100. The summed E-state index contributed by atoms with van der Waals surface area (Å²) in [6, 6.07) is 5.26. The number of hydrogen-bond donors (Lipinski definition) is 1. The van der Waals surface area contributed by atoms with Crippen LogP contribution in [0.25, 0.3) is 16.6 Å². The van der Waals surface area contributed by atoms with E-state index in [2.05, 4.69) is 20.5 Å². The lowest BCUT2D eigenvalue weighted by Gasteiger charge is -2.04. The number of fused-ring (bicyclic) bond motifs is 3. The number of thioether (sulfide) groups is 1. The second kappa shape index (κ2) is 4.63. The number of carbonyl (C=O) groups excluding carboxylic acids is 1. The van der Waals surface area contributed by atoms with Crippen LogP contribution in [0, 0.1) is 0 Å². The molecule has 0 atom stereocenters. The van der Waals surface area contributed by atoms with Gasteiger partial charge in [0.15, 0.2) is 10.8 Å². The number of benzene rings is 1. The molecule has 1 amide bonds. The molecule has 9 heteroatoms. The zero-order chi connectivity index (χ0) is 13.4. The van der Waals surface area contributed by atoms with Crippen LogP contribution in [0.15, 0.2) is 23.4 Å². The molecule has 2 heterocycles. The first kappa shape index (κ1) is 12.1. The SMILES string of the molecule is NC(=O)CSc1nc2ccc(Cl)cc2c2nnnn12. The molecule has 0 bridgehead atoms. The maximum atomic E-state index is 10.9. The van der Waals surface area contributed by atoms with Crippen LogP contribution in [0.1, 0.15) is 0 Å². The highest BCUT2D eigenvalue weighted by atomic mass is 35.5. The third-order valence-electron chi connectivity index (χ3n) is 2.41. The molecule has 0 aliphatic rings. The Labute approximate surface area is 116 Å². The van der Waals surface area contributed by atoms with Gasteiger partial charge in [0.1, 0.15) is 0 Å². The number of primary amides is 1. The molecule has 1 aromatic carbocycles. The summed E-state index contributed by atoms with van der Waals surface area (Å²) in [5.74, 6) is -0.314. The summed E-state index contributed by atoms with van der Waals surface area (Å²) in [5.41, 5.74) is 6.37. The van der Waals surface area contributed by atoms with E-state index in [4.69, 9.17) is 17.3 Å². The van der Waals surface area contributed by atoms with Crippen LogP contribution < -0.4 is 5.73 Å². The summed E-state index contributed by atoms with van der Waals surface area (Å²) in [6.45, 7) is 0. The summed E-state index contributed by atoms with van der Waals surface area (Å²) >= 11 is 7.14. The number of nitrogens with two attached hydrogens (primary N) is 1. The Morgan fingerprint density at radius 3 is 3.11 bits per heavy atom. The fourth-order valence-electron chi connectivity index (χ4n) is 1.65. The Morgan fingerprint density at radius 2 is 2.32 bits per heavy atom. The minimum Gasteiger partial charge on any atom is -0.369 e. The molecule has 3 aromatic rings. The van der Waals surface area contributed by atoms with Crippen molar-refractivity contribution in [1.82, 2.24) is 25.0 Å². The topological polar surface area (TPSA) is 99.1 Å². The fourth-order valence-corrected chi connectivity index (χ4v) is 2.50. The van der Waals surface area contributed by atoms with Crippen LogP contribution >= 0.6 is 23.4 Å². The van der Waals surface area contributed by atoms with Gasteiger partial charge in [-0.1, -0.05) is 23.4 Å². The van der Waals surface area contributed by atoms with E-state index in [0.29, 0.717) is 21.3 Å². The van der Waals surface area contributed by atoms with Gasteiger partial charge >= 0.3 is 0 Å². The van der Waals surface area contributed by atoms with E-state index < -0.39 is 5.91 Å². The molecule has 2 N–H and O–H groups in total. The number of amides is 1. The van der Waals surface area contributed by atoms with Crippen molar-refractivity contribution >= 4 is 45.8 Å². The van der Waals surface area contributed by atoms with Crippen molar-refractivity contribution < 1.29 is 4.79 Å². The zero-order valence-corrected chi connectivity index (χ0v) is 11.0. The molecule has 0 spiro atoms. The van der Waals surface area contributed by atoms with Gasteiger partial charge < -0.3 is 5.73 Å². The Kier molecular flexibility index (Phi) is 2.96. The van der Waals surface area contributed by atoms with E-state index in [1.807, 2.05) is 0 Å². The summed E-state index contributed by atoms with van der Waals surface area (Å²) in [5, 5.41) is 13.3. The van der Waals surface area contributed by atoms with Crippen molar-refractivity contribution in [2.45, 2.75) is 5.16 Å². The normalized spacial score (nSPS) is 11.2. The van der Waals surface area contributed by atoms with E-state index in [1.165, 1.54) is 16.3 Å². The number of nitrogens with zero attached hydrogens (tertiary/aromatic N) is 5. The molecule has 2 aromatic heterocycles. The molecule has 0 unspecified atom stereocenters. The number of aromatic nitrogens is 5. The highest BCUT2D eigenvalue weighted by Crippen LogP contribution is 2.25. The maximum absolute atomic E-state index is 10.9. The first-order valence-corrected chi connectivity index (χ1v) is 6.60. The van der Waals surface area contributed by atoms with Gasteiger partial charge in [0, 0.05) is 10.4 Å². The molecule has 0 aliphatic heterocycles.